The molecule has 7 heteroatoms. The molecule has 2 aromatic rings. The number of nitrogens with one attached hydrogen (secondary N) is 1. The van der Waals surface area contributed by atoms with Gasteiger partial charge in [-0.2, -0.15) is 5.26 Å². The van der Waals surface area contributed by atoms with Crippen LogP contribution in [0.4, 0.5) is 5.69 Å². The smallest absolute Gasteiger partial charge is 0.266 e. The summed E-state index contributed by atoms with van der Waals surface area (Å²) in [7, 11) is 3.13. The highest BCUT2D eigenvalue weighted by atomic mass is 32.1. The second-order valence-electron chi connectivity index (χ2n) is 6.00. The molecular weight excluding hydrogens is 362 g/mol. The van der Waals surface area contributed by atoms with Gasteiger partial charge in [-0.25, -0.2) is 0 Å². The molecule has 0 aliphatic carbocycles. The third kappa shape index (κ3) is 3.44. The fraction of sp³-hybridized carbons (Fsp3) is 0.200. The predicted octanol–water partition coefficient (Wildman–Crippen LogP) is 3.31. The van der Waals surface area contributed by atoms with E-state index < -0.39 is 12.1 Å². The lowest BCUT2D eigenvalue weighted by Crippen LogP contribution is -2.46. The molecule has 0 saturated carbocycles. The molecule has 1 amide bonds. The van der Waals surface area contributed by atoms with Gasteiger partial charge in [0.1, 0.15) is 29.3 Å². The quantitative estimate of drug-likeness (QED) is 0.795. The van der Waals surface area contributed by atoms with Crippen molar-refractivity contribution in [3.8, 4) is 17.6 Å². The minimum Gasteiger partial charge on any atom is -0.497 e. The van der Waals surface area contributed by atoms with Crippen molar-refractivity contribution in [3.63, 3.8) is 0 Å². The predicted molar refractivity (Wildman–Crippen MR) is 106 cm³/mol. The number of nitriles is 1. The summed E-state index contributed by atoms with van der Waals surface area (Å²) in [5, 5.41) is 12.5. The Morgan fingerprint density at radius 3 is 2.44 bits per heavy atom. The van der Waals surface area contributed by atoms with Gasteiger partial charge in [-0.3, -0.25) is 4.79 Å². The zero-order valence-electron chi connectivity index (χ0n) is 15.2. The van der Waals surface area contributed by atoms with Crippen LogP contribution in [0.1, 0.15) is 17.3 Å². The third-order valence-corrected chi connectivity index (χ3v) is 4.80. The standard InChI is InChI=1S/C20H19N3O3S/c1-12-4-6-13(7-5-12)23-18(22-19(24)16(11-21)20(23)27)15-10-14(25-2)8-9-17(15)26-3/h4-10,18,27H,1-3H3,(H,22,24)/t18-/m1/s1. The minimum atomic E-state index is -0.616. The van der Waals surface area contributed by atoms with Crippen molar-refractivity contribution >= 4 is 24.2 Å². The largest absolute Gasteiger partial charge is 0.497 e. The molecule has 0 aromatic heterocycles. The Balaban J connectivity index is 2.21. The van der Waals surface area contributed by atoms with Gasteiger partial charge in [0.25, 0.3) is 5.91 Å². The number of nitrogens with zero attached hydrogens (tertiary/aromatic N) is 2. The maximum Gasteiger partial charge on any atom is 0.266 e. The average molecular weight is 381 g/mol. The van der Waals surface area contributed by atoms with Gasteiger partial charge in [-0.1, -0.05) is 17.7 Å². The summed E-state index contributed by atoms with van der Waals surface area (Å²) in [6.07, 6.45) is -0.616. The van der Waals surface area contributed by atoms with Gasteiger partial charge in [0.15, 0.2) is 0 Å². The van der Waals surface area contributed by atoms with Crippen LogP contribution in [0.25, 0.3) is 0 Å². The molecule has 27 heavy (non-hydrogen) atoms. The zero-order chi connectivity index (χ0) is 19.6. The molecule has 1 aliphatic heterocycles. The van der Waals surface area contributed by atoms with Gasteiger partial charge in [-0.05, 0) is 37.3 Å². The summed E-state index contributed by atoms with van der Waals surface area (Å²) in [6.45, 7) is 1.99. The molecule has 1 heterocycles. The first kappa shape index (κ1) is 18.7. The monoisotopic (exact) mass is 381 g/mol. The van der Waals surface area contributed by atoms with Crippen LogP contribution < -0.4 is 19.7 Å². The van der Waals surface area contributed by atoms with E-state index in [2.05, 4.69) is 17.9 Å². The fourth-order valence-corrected chi connectivity index (χ4v) is 3.34. The molecule has 3 rings (SSSR count). The van der Waals surface area contributed by atoms with Crippen molar-refractivity contribution < 1.29 is 14.3 Å². The lowest BCUT2D eigenvalue weighted by molar-refractivity contribution is -0.118. The van der Waals surface area contributed by atoms with Crippen molar-refractivity contribution in [1.29, 1.82) is 5.26 Å². The van der Waals surface area contributed by atoms with Crippen molar-refractivity contribution in [1.82, 2.24) is 5.32 Å². The Labute approximate surface area is 163 Å². The first-order chi connectivity index (χ1) is 13.0. The molecule has 0 spiro atoms. The molecule has 0 unspecified atom stereocenters. The Hall–Kier alpha value is -3.11. The lowest BCUT2D eigenvalue weighted by Gasteiger charge is -2.38. The highest BCUT2D eigenvalue weighted by molar-refractivity contribution is 7.84. The number of carbonyl (C=O) groups is 1. The molecule has 0 saturated heterocycles. The number of methoxy groups -OCH3 is 2. The third-order valence-electron chi connectivity index (χ3n) is 4.36. The lowest BCUT2D eigenvalue weighted by atomic mass is 10.0. The van der Waals surface area contributed by atoms with E-state index in [1.54, 1.807) is 37.3 Å². The molecule has 0 bridgehead atoms. The molecule has 1 atom stereocenters. The summed E-state index contributed by atoms with van der Waals surface area (Å²) in [6, 6.07) is 15.0. The van der Waals surface area contributed by atoms with Gasteiger partial charge in [0, 0.05) is 11.3 Å². The first-order valence-electron chi connectivity index (χ1n) is 8.22. The molecular formula is C20H19N3O3S. The summed E-state index contributed by atoms with van der Waals surface area (Å²) < 4.78 is 10.8. The average Bonchev–Trinajstić information content (AvgIpc) is 2.68. The molecule has 2 aromatic carbocycles. The number of hydrogen-bond acceptors (Lipinski definition) is 6. The van der Waals surface area contributed by atoms with E-state index in [1.165, 1.54) is 0 Å². The fourth-order valence-electron chi connectivity index (χ4n) is 2.95. The normalized spacial score (nSPS) is 16.6. The maximum atomic E-state index is 12.5. The van der Waals surface area contributed by atoms with Crippen LogP contribution in [0.3, 0.4) is 0 Å². The number of aryl methyl sites for hydroxylation is 1. The topological polar surface area (TPSA) is 74.6 Å². The number of hydrogen-bond donors (Lipinski definition) is 2. The van der Waals surface area contributed by atoms with E-state index in [1.807, 2.05) is 37.3 Å². The number of benzene rings is 2. The van der Waals surface area contributed by atoms with E-state index in [0.29, 0.717) is 17.1 Å². The Kier molecular flexibility index (Phi) is 5.28. The van der Waals surface area contributed by atoms with E-state index in [9.17, 15) is 10.1 Å². The summed E-state index contributed by atoms with van der Waals surface area (Å²) in [5.74, 6) is 0.722. The first-order valence-corrected chi connectivity index (χ1v) is 8.67. The van der Waals surface area contributed by atoms with Crippen molar-refractivity contribution in [2.24, 2.45) is 0 Å². The maximum absolute atomic E-state index is 12.5. The Morgan fingerprint density at radius 2 is 1.85 bits per heavy atom. The SMILES string of the molecule is COc1ccc(OC)c([C@@H]2NC(=O)C(C#N)=C(S)N2c2ccc(C)cc2)c1. The zero-order valence-corrected chi connectivity index (χ0v) is 16.1. The molecule has 1 aliphatic rings. The van der Waals surface area contributed by atoms with Crippen LogP contribution in [0.5, 0.6) is 11.5 Å². The molecule has 1 N–H and O–H groups in total. The van der Waals surface area contributed by atoms with Gasteiger partial charge in [0.2, 0.25) is 0 Å². The van der Waals surface area contributed by atoms with Crippen LogP contribution >= 0.6 is 12.6 Å². The Bertz CT molecular complexity index is 948. The van der Waals surface area contributed by atoms with Gasteiger partial charge in [0.05, 0.1) is 19.2 Å². The summed E-state index contributed by atoms with van der Waals surface area (Å²) in [5.41, 5.74) is 2.53. The van der Waals surface area contributed by atoms with Crippen LogP contribution in [0.2, 0.25) is 0 Å². The highest BCUT2D eigenvalue weighted by Crippen LogP contribution is 2.39. The molecule has 6 nitrogen and oxygen atoms in total. The number of anilines is 1. The van der Waals surface area contributed by atoms with Crippen LogP contribution in [0, 0.1) is 18.3 Å². The number of thiol groups is 1. The van der Waals surface area contributed by atoms with Crippen molar-refractivity contribution in [2.45, 2.75) is 13.1 Å². The van der Waals surface area contributed by atoms with Crippen molar-refractivity contribution in [2.75, 3.05) is 19.1 Å². The van der Waals surface area contributed by atoms with Gasteiger partial charge >= 0.3 is 0 Å². The van der Waals surface area contributed by atoms with Crippen LogP contribution in [-0.2, 0) is 4.79 Å². The Morgan fingerprint density at radius 1 is 1.15 bits per heavy atom. The number of amides is 1. The molecule has 0 fully saturated rings. The van der Waals surface area contributed by atoms with E-state index in [0.717, 1.165) is 11.3 Å². The number of carbonyl (C=O) groups excluding carboxylic acids is 1. The van der Waals surface area contributed by atoms with Crippen LogP contribution in [0.15, 0.2) is 53.1 Å². The van der Waals surface area contributed by atoms with Crippen molar-refractivity contribution in [3.05, 3.63) is 64.2 Å². The number of ether oxygens (including phenoxy) is 2. The number of rotatable bonds is 4. The second kappa shape index (κ2) is 7.64. The van der Waals surface area contributed by atoms with E-state index >= 15 is 0 Å². The van der Waals surface area contributed by atoms with Gasteiger partial charge in [-0.15, -0.1) is 12.6 Å². The summed E-state index contributed by atoms with van der Waals surface area (Å²) >= 11 is 4.50. The van der Waals surface area contributed by atoms with E-state index in [4.69, 9.17) is 9.47 Å². The molecule has 0 radical (unpaired) electrons. The van der Waals surface area contributed by atoms with Gasteiger partial charge < -0.3 is 19.7 Å². The minimum absolute atomic E-state index is 0.0444. The molecule has 138 valence electrons. The van der Waals surface area contributed by atoms with E-state index in [-0.39, 0.29) is 10.6 Å². The van der Waals surface area contributed by atoms with Crippen LogP contribution in [-0.4, -0.2) is 20.1 Å². The second-order valence-corrected chi connectivity index (χ2v) is 6.42. The summed E-state index contributed by atoms with van der Waals surface area (Å²) in [4.78, 5) is 14.3. The highest BCUT2D eigenvalue weighted by Gasteiger charge is 2.35.